The lowest BCUT2D eigenvalue weighted by atomic mass is 10.2. The Morgan fingerprint density at radius 3 is 2.46 bits per heavy atom. The Balaban J connectivity index is 1.81. The summed E-state index contributed by atoms with van der Waals surface area (Å²) in [6, 6.07) is 14.5. The predicted molar refractivity (Wildman–Crippen MR) is 108 cm³/mol. The Morgan fingerprint density at radius 1 is 1.04 bits per heavy atom. The Hall–Kier alpha value is -1.59. The van der Waals surface area contributed by atoms with Crippen LogP contribution >= 0.6 is 47.2 Å². The van der Waals surface area contributed by atoms with Gasteiger partial charge in [0.2, 0.25) is 0 Å². The summed E-state index contributed by atoms with van der Waals surface area (Å²) >= 11 is 18.6. The van der Waals surface area contributed by atoms with E-state index in [2.05, 4.69) is 0 Å². The van der Waals surface area contributed by atoms with Gasteiger partial charge in [-0.05, 0) is 42.0 Å². The lowest BCUT2D eigenvalue weighted by Crippen LogP contribution is -2.27. The number of allylic oxidation sites excluding steroid dienone is 2. The molecule has 6 heteroatoms. The van der Waals surface area contributed by atoms with E-state index >= 15 is 0 Å². The van der Waals surface area contributed by atoms with E-state index in [1.165, 1.54) is 16.7 Å². The Kier molecular flexibility index (Phi) is 5.41. The third-order valence-electron chi connectivity index (χ3n) is 3.31. The largest absolute Gasteiger partial charge is 0.270 e. The highest BCUT2D eigenvalue weighted by atomic mass is 35.5. The summed E-state index contributed by atoms with van der Waals surface area (Å²) in [7, 11) is 0. The highest BCUT2D eigenvalue weighted by molar-refractivity contribution is 8.27. The summed E-state index contributed by atoms with van der Waals surface area (Å²) in [5, 5.41) is 1.28. The van der Waals surface area contributed by atoms with Crippen molar-refractivity contribution in [3.05, 3.63) is 81.2 Å². The van der Waals surface area contributed by atoms with Gasteiger partial charge in [-0.15, -0.1) is 0 Å². The maximum atomic E-state index is 12.6. The Bertz CT molecular complexity index is 860. The molecule has 0 spiro atoms. The SMILES string of the molecule is O=C1/C(=C\C=C\c2ccccc2Cl)SC(=S)N1c1ccc(Cl)cc1. The van der Waals surface area contributed by atoms with Crippen LogP contribution in [0.3, 0.4) is 0 Å². The first kappa shape index (κ1) is 17.2. The molecule has 0 bridgehead atoms. The van der Waals surface area contributed by atoms with Crippen LogP contribution in [-0.4, -0.2) is 10.2 Å². The van der Waals surface area contributed by atoms with Crippen LogP contribution in [0.5, 0.6) is 0 Å². The van der Waals surface area contributed by atoms with Gasteiger partial charge in [0.25, 0.3) is 5.91 Å². The molecule has 0 saturated carbocycles. The van der Waals surface area contributed by atoms with Crippen LogP contribution in [0.1, 0.15) is 5.56 Å². The summed E-state index contributed by atoms with van der Waals surface area (Å²) in [6.45, 7) is 0. The molecule has 1 aliphatic heterocycles. The molecule has 2 aromatic rings. The van der Waals surface area contributed by atoms with Gasteiger partial charge >= 0.3 is 0 Å². The summed E-state index contributed by atoms with van der Waals surface area (Å²) in [5.74, 6) is -0.142. The van der Waals surface area contributed by atoms with Gasteiger partial charge in [-0.2, -0.15) is 0 Å². The molecule has 2 nitrogen and oxygen atoms in total. The summed E-state index contributed by atoms with van der Waals surface area (Å²) < 4.78 is 0.500. The minimum absolute atomic E-state index is 0.142. The first-order valence-corrected chi connectivity index (χ1v) is 8.99. The number of hydrogen-bond acceptors (Lipinski definition) is 3. The van der Waals surface area contributed by atoms with E-state index in [0.29, 0.717) is 25.0 Å². The van der Waals surface area contributed by atoms with Crippen molar-refractivity contribution in [3.63, 3.8) is 0 Å². The van der Waals surface area contributed by atoms with Crippen molar-refractivity contribution in [3.8, 4) is 0 Å². The molecule has 120 valence electrons. The van der Waals surface area contributed by atoms with Crippen molar-refractivity contribution in [1.82, 2.24) is 0 Å². The maximum Gasteiger partial charge on any atom is 0.270 e. The fourth-order valence-corrected chi connectivity index (χ4v) is 3.72. The number of benzene rings is 2. The Morgan fingerprint density at radius 2 is 1.75 bits per heavy atom. The van der Waals surface area contributed by atoms with Crippen LogP contribution in [0.4, 0.5) is 5.69 Å². The first-order valence-electron chi connectivity index (χ1n) is 7.01. The van der Waals surface area contributed by atoms with Gasteiger partial charge in [0.05, 0.1) is 10.6 Å². The van der Waals surface area contributed by atoms with Crippen LogP contribution in [-0.2, 0) is 4.79 Å². The van der Waals surface area contributed by atoms with Gasteiger partial charge in [0.1, 0.15) is 0 Å². The third kappa shape index (κ3) is 3.73. The maximum absolute atomic E-state index is 12.6. The fraction of sp³-hybridized carbons (Fsp3) is 0. The molecular formula is C18H11Cl2NOS2. The fourth-order valence-electron chi connectivity index (χ4n) is 2.14. The van der Waals surface area contributed by atoms with Gasteiger partial charge < -0.3 is 0 Å². The number of carbonyl (C=O) groups excluding carboxylic acids is 1. The molecule has 2 aromatic carbocycles. The summed E-state index contributed by atoms with van der Waals surface area (Å²) in [6.07, 6.45) is 5.41. The van der Waals surface area contributed by atoms with E-state index in [0.717, 1.165) is 5.56 Å². The van der Waals surface area contributed by atoms with E-state index in [-0.39, 0.29) is 5.91 Å². The quantitative estimate of drug-likeness (QED) is 0.475. The lowest BCUT2D eigenvalue weighted by molar-refractivity contribution is -0.113. The second kappa shape index (κ2) is 7.53. The van der Waals surface area contributed by atoms with Crippen LogP contribution in [0.25, 0.3) is 6.08 Å². The van der Waals surface area contributed by atoms with Crippen LogP contribution in [0, 0.1) is 0 Å². The average Bonchev–Trinajstić information content (AvgIpc) is 2.84. The zero-order chi connectivity index (χ0) is 17.1. The van der Waals surface area contributed by atoms with E-state index < -0.39 is 0 Å². The highest BCUT2D eigenvalue weighted by Gasteiger charge is 2.32. The van der Waals surface area contributed by atoms with Crippen molar-refractivity contribution in [2.75, 3.05) is 4.90 Å². The van der Waals surface area contributed by atoms with E-state index in [4.69, 9.17) is 35.4 Å². The molecule has 0 aliphatic carbocycles. The molecule has 24 heavy (non-hydrogen) atoms. The van der Waals surface area contributed by atoms with Gasteiger partial charge in [-0.25, -0.2) is 0 Å². The van der Waals surface area contributed by atoms with Crippen LogP contribution < -0.4 is 4.90 Å². The number of rotatable bonds is 3. The van der Waals surface area contributed by atoms with Crippen molar-refractivity contribution in [2.45, 2.75) is 0 Å². The molecular weight excluding hydrogens is 381 g/mol. The van der Waals surface area contributed by atoms with Gasteiger partial charge in [-0.3, -0.25) is 9.69 Å². The molecule has 1 amide bonds. The molecule has 1 heterocycles. The second-order valence-electron chi connectivity index (χ2n) is 4.90. The Labute approximate surface area is 159 Å². The van der Waals surface area contributed by atoms with E-state index in [1.54, 1.807) is 36.4 Å². The topological polar surface area (TPSA) is 20.3 Å². The zero-order valence-corrected chi connectivity index (χ0v) is 15.4. The third-order valence-corrected chi connectivity index (χ3v) is 5.22. The molecule has 0 N–H and O–H groups in total. The molecule has 1 fully saturated rings. The number of hydrogen-bond donors (Lipinski definition) is 0. The molecule has 1 aliphatic rings. The van der Waals surface area contributed by atoms with Crippen molar-refractivity contribution in [2.24, 2.45) is 0 Å². The number of nitrogens with zero attached hydrogens (tertiary/aromatic N) is 1. The minimum Gasteiger partial charge on any atom is -0.268 e. The molecule has 0 radical (unpaired) electrons. The molecule has 1 saturated heterocycles. The monoisotopic (exact) mass is 391 g/mol. The number of thioether (sulfide) groups is 1. The van der Waals surface area contributed by atoms with Crippen molar-refractivity contribution < 1.29 is 4.79 Å². The van der Waals surface area contributed by atoms with Crippen molar-refractivity contribution >= 4 is 69.2 Å². The van der Waals surface area contributed by atoms with E-state index in [1.807, 2.05) is 30.3 Å². The highest BCUT2D eigenvalue weighted by Crippen LogP contribution is 2.35. The number of amides is 1. The first-order chi connectivity index (χ1) is 11.6. The van der Waals surface area contributed by atoms with Crippen molar-refractivity contribution in [1.29, 1.82) is 0 Å². The number of anilines is 1. The smallest absolute Gasteiger partial charge is 0.268 e. The van der Waals surface area contributed by atoms with Gasteiger partial charge in [0, 0.05) is 10.0 Å². The van der Waals surface area contributed by atoms with Gasteiger partial charge in [-0.1, -0.05) is 77.5 Å². The summed E-state index contributed by atoms with van der Waals surface area (Å²) in [5.41, 5.74) is 1.60. The molecule has 0 unspecified atom stereocenters. The van der Waals surface area contributed by atoms with Gasteiger partial charge in [0.15, 0.2) is 4.32 Å². The standard InChI is InChI=1S/C18H11Cl2NOS2/c19-13-8-10-14(11-9-13)21-17(22)16(24-18(21)23)7-3-5-12-4-1-2-6-15(12)20/h1-11H/b5-3+,16-7+. The lowest BCUT2D eigenvalue weighted by Gasteiger charge is -2.14. The average molecular weight is 392 g/mol. The predicted octanol–water partition coefficient (Wildman–Crippen LogP) is 5.96. The normalized spacial score (nSPS) is 16.6. The zero-order valence-electron chi connectivity index (χ0n) is 12.3. The minimum atomic E-state index is -0.142. The number of halogens is 2. The van der Waals surface area contributed by atoms with Crippen LogP contribution in [0.15, 0.2) is 65.6 Å². The number of thiocarbonyl (C=S) groups is 1. The number of carbonyl (C=O) groups is 1. The van der Waals surface area contributed by atoms with Crippen LogP contribution in [0.2, 0.25) is 10.0 Å². The summed E-state index contributed by atoms with van der Waals surface area (Å²) in [4.78, 5) is 14.6. The second-order valence-corrected chi connectivity index (χ2v) is 7.42. The van der Waals surface area contributed by atoms with E-state index in [9.17, 15) is 4.79 Å². The molecule has 0 aromatic heterocycles. The molecule has 3 rings (SSSR count). The molecule has 0 atom stereocenters.